The van der Waals surface area contributed by atoms with Crippen molar-refractivity contribution in [1.82, 2.24) is 4.90 Å². The third-order valence-electron chi connectivity index (χ3n) is 5.29. The van der Waals surface area contributed by atoms with Crippen LogP contribution < -0.4 is 14.8 Å². The Morgan fingerprint density at radius 2 is 1.76 bits per heavy atom. The molecule has 0 saturated carbocycles. The predicted octanol–water partition coefficient (Wildman–Crippen LogP) is 3.57. The van der Waals surface area contributed by atoms with Crippen molar-refractivity contribution in [3.8, 4) is 11.5 Å². The molecule has 6 heteroatoms. The minimum Gasteiger partial charge on any atom is -0.493 e. The number of rotatable bonds is 6. The second kappa shape index (κ2) is 9.45. The van der Waals surface area contributed by atoms with Crippen molar-refractivity contribution in [2.24, 2.45) is 5.92 Å². The predicted molar refractivity (Wildman–Crippen MR) is 112 cm³/mol. The highest BCUT2D eigenvalue weighted by molar-refractivity contribution is 5.93. The second-order valence-electron chi connectivity index (χ2n) is 7.40. The van der Waals surface area contributed by atoms with Gasteiger partial charge in [0, 0.05) is 24.7 Å². The molecule has 0 unspecified atom stereocenters. The standard InChI is InChI=1S/C23H28N2O4/c1-16-8-9-17(2)19(14-16)24-23(27)18-10-12-25(13-11-18)22(26)15-29-21-7-5-4-6-20(21)28-3/h4-9,14,18H,10-13,15H2,1-3H3,(H,24,27). The molecule has 0 spiro atoms. The van der Waals surface area contributed by atoms with Crippen LogP contribution in [0, 0.1) is 19.8 Å². The Hall–Kier alpha value is -3.02. The topological polar surface area (TPSA) is 67.9 Å². The number of anilines is 1. The Kier molecular flexibility index (Phi) is 6.75. The molecular formula is C23H28N2O4. The van der Waals surface area contributed by atoms with Gasteiger partial charge in [-0.25, -0.2) is 0 Å². The largest absolute Gasteiger partial charge is 0.493 e. The van der Waals surface area contributed by atoms with Gasteiger partial charge in [-0.1, -0.05) is 24.3 Å². The van der Waals surface area contributed by atoms with E-state index < -0.39 is 0 Å². The summed E-state index contributed by atoms with van der Waals surface area (Å²) in [6.07, 6.45) is 1.30. The average molecular weight is 396 g/mol. The lowest BCUT2D eigenvalue weighted by molar-refractivity contribution is -0.136. The fourth-order valence-corrected chi connectivity index (χ4v) is 3.47. The number of carbonyl (C=O) groups is 2. The number of nitrogens with zero attached hydrogens (tertiary/aromatic N) is 1. The van der Waals surface area contributed by atoms with Gasteiger partial charge >= 0.3 is 0 Å². The molecule has 2 aromatic rings. The molecule has 0 aromatic heterocycles. The lowest BCUT2D eigenvalue weighted by atomic mass is 9.95. The van der Waals surface area contributed by atoms with E-state index in [0.29, 0.717) is 37.4 Å². The number of likely N-dealkylation sites (tertiary alicyclic amines) is 1. The number of aryl methyl sites for hydroxylation is 2. The molecule has 1 N–H and O–H groups in total. The van der Waals surface area contributed by atoms with E-state index in [1.165, 1.54) is 0 Å². The summed E-state index contributed by atoms with van der Waals surface area (Å²) in [5.74, 6) is 1.00. The first-order valence-corrected chi connectivity index (χ1v) is 9.89. The molecule has 1 saturated heterocycles. The number of methoxy groups -OCH3 is 1. The SMILES string of the molecule is COc1ccccc1OCC(=O)N1CCC(C(=O)Nc2cc(C)ccc2C)CC1. The Balaban J connectivity index is 1.48. The molecule has 1 aliphatic rings. The fraction of sp³-hybridized carbons (Fsp3) is 0.391. The van der Waals surface area contributed by atoms with Gasteiger partial charge in [0.1, 0.15) is 0 Å². The van der Waals surface area contributed by atoms with Crippen molar-refractivity contribution in [3.05, 3.63) is 53.6 Å². The van der Waals surface area contributed by atoms with Crippen LogP contribution in [0.5, 0.6) is 11.5 Å². The summed E-state index contributed by atoms with van der Waals surface area (Å²) in [7, 11) is 1.57. The smallest absolute Gasteiger partial charge is 0.260 e. The molecule has 1 heterocycles. The maximum Gasteiger partial charge on any atom is 0.260 e. The molecular weight excluding hydrogens is 368 g/mol. The molecule has 0 bridgehead atoms. The minimum absolute atomic E-state index is 0.0241. The quantitative estimate of drug-likeness (QED) is 0.811. The number of nitrogens with one attached hydrogen (secondary N) is 1. The highest BCUT2D eigenvalue weighted by atomic mass is 16.5. The maximum atomic E-state index is 12.6. The zero-order valence-electron chi connectivity index (χ0n) is 17.2. The Morgan fingerprint density at radius 3 is 2.45 bits per heavy atom. The van der Waals surface area contributed by atoms with Gasteiger partial charge in [0.15, 0.2) is 18.1 Å². The van der Waals surface area contributed by atoms with Crippen LogP contribution in [0.4, 0.5) is 5.69 Å². The summed E-state index contributed by atoms with van der Waals surface area (Å²) < 4.78 is 10.9. The minimum atomic E-state index is -0.0888. The Morgan fingerprint density at radius 1 is 1.07 bits per heavy atom. The second-order valence-corrected chi connectivity index (χ2v) is 7.40. The molecule has 0 aliphatic carbocycles. The van der Waals surface area contributed by atoms with E-state index in [4.69, 9.17) is 9.47 Å². The van der Waals surface area contributed by atoms with Gasteiger partial charge in [-0.15, -0.1) is 0 Å². The van der Waals surface area contributed by atoms with E-state index >= 15 is 0 Å². The Labute approximate surface area is 171 Å². The van der Waals surface area contributed by atoms with Crippen molar-refractivity contribution in [1.29, 1.82) is 0 Å². The number of benzene rings is 2. The van der Waals surface area contributed by atoms with Crippen LogP contribution in [0.15, 0.2) is 42.5 Å². The number of para-hydroxylation sites is 2. The van der Waals surface area contributed by atoms with E-state index in [1.807, 2.05) is 44.2 Å². The zero-order chi connectivity index (χ0) is 20.8. The average Bonchev–Trinajstić information content (AvgIpc) is 2.74. The van der Waals surface area contributed by atoms with E-state index in [2.05, 4.69) is 5.32 Å². The molecule has 3 rings (SSSR count). The first-order valence-electron chi connectivity index (χ1n) is 9.89. The molecule has 29 heavy (non-hydrogen) atoms. The van der Waals surface area contributed by atoms with E-state index in [1.54, 1.807) is 24.1 Å². The third kappa shape index (κ3) is 5.28. The monoisotopic (exact) mass is 396 g/mol. The fourth-order valence-electron chi connectivity index (χ4n) is 3.47. The first-order chi connectivity index (χ1) is 14.0. The van der Waals surface area contributed by atoms with Crippen LogP contribution in [-0.4, -0.2) is 43.5 Å². The molecule has 0 atom stereocenters. The first kappa shape index (κ1) is 20.7. The highest BCUT2D eigenvalue weighted by Crippen LogP contribution is 2.26. The molecule has 0 radical (unpaired) electrons. The molecule has 2 aromatic carbocycles. The summed E-state index contributed by atoms with van der Waals surface area (Å²) in [6.45, 7) is 5.06. The van der Waals surface area contributed by atoms with Crippen molar-refractivity contribution >= 4 is 17.5 Å². The maximum absolute atomic E-state index is 12.6. The molecule has 1 aliphatic heterocycles. The molecule has 154 valence electrons. The summed E-state index contributed by atoms with van der Waals surface area (Å²) in [5.41, 5.74) is 3.02. The molecule has 1 fully saturated rings. The van der Waals surface area contributed by atoms with Crippen LogP contribution in [-0.2, 0) is 9.59 Å². The highest BCUT2D eigenvalue weighted by Gasteiger charge is 2.27. The van der Waals surface area contributed by atoms with Gasteiger partial charge in [0.25, 0.3) is 5.91 Å². The summed E-state index contributed by atoms with van der Waals surface area (Å²) in [4.78, 5) is 26.9. The summed E-state index contributed by atoms with van der Waals surface area (Å²) in [5, 5.41) is 3.04. The van der Waals surface area contributed by atoms with Crippen LogP contribution in [0.3, 0.4) is 0 Å². The summed E-state index contributed by atoms with van der Waals surface area (Å²) >= 11 is 0. The zero-order valence-corrected chi connectivity index (χ0v) is 17.2. The van der Waals surface area contributed by atoms with Crippen molar-refractivity contribution < 1.29 is 19.1 Å². The number of ether oxygens (including phenoxy) is 2. The number of carbonyl (C=O) groups excluding carboxylic acids is 2. The molecule has 6 nitrogen and oxygen atoms in total. The van der Waals surface area contributed by atoms with Gasteiger partial charge in [-0.2, -0.15) is 0 Å². The summed E-state index contributed by atoms with van der Waals surface area (Å²) in [6, 6.07) is 13.3. The Bertz CT molecular complexity index is 873. The van der Waals surface area contributed by atoms with Gasteiger partial charge in [0.05, 0.1) is 7.11 Å². The number of piperidine rings is 1. The lowest BCUT2D eigenvalue weighted by Crippen LogP contribution is -2.43. The van der Waals surface area contributed by atoms with Crippen LogP contribution >= 0.6 is 0 Å². The van der Waals surface area contributed by atoms with Crippen LogP contribution in [0.25, 0.3) is 0 Å². The van der Waals surface area contributed by atoms with Crippen molar-refractivity contribution in [2.75, 3.05) is 32.1 Å². The van der Waals surface area contributed by atoms with E-state index in [0.717, 1.165) is 16.8 Å². The third-order valence-corrected chi connectivity index (χ3v) is 5.29. The normalized spacial score (nSPS) is 14.4. The van der Waals surface area contributed by atoms with E-state index in [9.17, 15) is 9.59 Å². The number of hydrogen-bond donors (Lipinski definition) is 1. The van der Waals surface area contributed by atoms with Gasteiger partial charge in [-0.3, -0.25) is 9.59 Å². The molecule has 2 amide bonds. The van der Waals surface area contributed by atoms with Crippen LogP contribution in [0.2, 0.25) is 0 Å². The van der Waals surface area contributed by atoms with Gasteiger partial charge in [0.2, 0.25) is 5.91 Å². The van der Waals surface area contributed by atoms with Crippen molar-refractivity contribution in [3.63, 3.8) is 0 Å². The van der Waals surface area contributed by atoms with Gasteiger partial charge in [-0.05, 0) is 56.0 Å². The lowest BCUT2D eigenvalue weighted by Gasteiger charge is -2.31. The van der Waals surface area contributed by atoms with E-state index in [-0.39, 0.29) is 24.3 Å². The van der Waals surface area contributed by atoms with Crippen LogP contribution in [0.1, 0.15) is 24.0 Å². The van der Waals surface area contributed by atoms with Crippen molar-refractivity contribution in [2.45, 2.75) is 26.7 Å². The number of amides is 2. The van der Waals surface area contributed by atoms with Gasteiger partial charge < -0.3 is 19.7 Å². The number of hydrogen-bond acceptors (Lipinski definition) is 4.